The van der Waals surface area contributed by atoms with E-state index in [0.717, 1.165) is 37.5 Å². The van der Waals surface area contributed by atoms with Gasteiger partial charge in [0.05, 0.1) is 0 Å². The van der Waals surface area contributed by atoms with Crippen LogP contribution in [0.5, 0.6) is 0 Å². The first-order chi connectivity index (χ1) is 12.1. The lowest BCUT2D eigenvalue weighted by Crippen LogP contribution is -2.53. The van der Waals surface area contributed by atoms with Crippen LogP contribution in [0.15, 0.2) is 11.3 Å². The Bertz CT molecular complexity index is 635. The maximum atomic E-state index is 12.2. The first-order valence-corrected chi connectivity index (χ1v) is 10.3. The lowest BCUT2D eigenvalue weighted by molar-refractivity contribution is -0.136. The van der Waals surface area contributed by atoms with Crippen molar-refractivity contribution < 1.29 is 14.7 Å². The van der Waals surface area contributed by atoms with Gasteiger partial charge in [-0.05, 0) is 68.6 Å². The summed E-state index contributed by atoms with van der Waals surface area (Å²) in [5, 5.41) is 7.42. The second-order valence-corrected chi connectivity index (χ2v) is 9.68. The number of nitrogens with zero attached hydrogens (tertiary/aromatic N) is 1. The summed E-state index contributed by atoms with van der Waals surface area (Å²) in [7, 11) is 2.02. The highest BCUT2D eigenvalue weighted by Crippen LogP contribution is 2.65. The fourth-order valence-corrected chi connectivity index (χ4v) is 7.10. The monoisotopic (exact) mass is 361 g/mol. The van der Waals surface area contributed by atoms with Crippen LogP contribution in [0.3, 0.4) is 0 Å². The number of allylic oxidation sites excluding steroid dienone is 2. The highest BCUT2D eigenvalue weighted by molar-refractivity contribution is 5.79. The summed E-state index contributed by atoms with van der Waals surface area (Å²) in [5.41, 5.74) is 3.77. The van der Waals surface area contributed by atoms with Gasteiger partial charge >= 0.3 is 0 Å². The molecule has 1 heterocycles. The van der Waals surface area contributed by atoms with Crippen molar-refractivity contribution in [2.75, 3.05) is 7.05 Å². The number of aliphatic carboxylic acids is 1. The summed E-state index contributed by atoms with van der Waals surface area (Å²) < 4.78 is 0. The van der Waals surface area contributed by atoms with Crippen molar-refractivity contribution in [3.63, 3.8) is 0 Å². The van der Waals surface area contributed by atoms with Crippen LogP contribution in [0.25, 0.3) is 0 Å². The number of carboxylic acids is 1. The number of hydrogen-bond donors (Lipinski definition) is 1. The van der Waals surface area contributed by atoms with E-state index in [0.29, 0.717) is 11.3 Å². The van der Waals surface area contributed by atoms with Gasteiger partial charge in [-0.1, -0.05) is 25.8 Å². The normalized spacial score (nSPS) is 41.7. The van der Waals surface area contributed by atoms with Crippen molar-refractivity contribution in [3.05, 3.63) is 11.3 Å². The van der Waals surface area contributed by atoms with Gasteiger partial charge in [-0.25, -0.2) is 0 Å². The smallest absolute Gasteiger partial charge is 0.300 e. The molecule has 3 aliphatic carbocycles. The van der Waals surface area contributed by atoms with Gasteiger partial charge in [0.15, 0.2) is 0 Å². The maximum Gasteiger partial charge on any atom is 0.300 e. The van der Waals surface area contributed by atoms with E-state index in [9.17, 15) is 4.79 Å². The molecule has 0 aromatic carbocycles. The average Bonchev–Trinajstić information content (AvgIpc) is 2.93. The Balaban J connectivity index is 0.000000447. The Morgan fingerprint density at radius 1 is 1.15 bits per heavy atom. The van der Waals surface area contributed by atoms with Crippen LogP contribution in [-0.4, -0.2) is 28.9 Å². The van der Waals surface area contributed by atoms with Crippen molar-refractivity contribution in [2.45, 2.75) is 79.1 Å². The van der Waals surface area contributed by atoms with Gasteiger partial charge in [0.25, 0.3) is 5.97 Å². The molecule has 4 nitrogen and oxygen atoms in total. The summed E-state index contributed by atoms with van der Waals surface area (Å²) in [4.78, 5) is 23.2. The Morgan fingerprint density at radius 3 is 2.46 bits per heavy atom. The minimum atomic E-state index is -0.833. The predicted molar refractivity (Wildman–Crippen MR) is 102 cm³/mol. The lowest BCUT2D eigenvalue weighted by Gasteiger charge is -2.58. The molecule has 4 rings (SSSR count). The number of rotatable bonds is 0. The van der Waals surface area contributed by atoms with Gasteiger partial charge in [-0.2, -0.15) is 0 Å². The standard InChI is InChI=1S/C20H31NO.C2H4O2/c1-13-12-14-15-6-5-9-19(15,2)10-7-16(14)20(3)11-8-17(22)21(4)18(13)20;1-2(3)4/h14-16H,5-12H2,1-4H3;1H3,(H,3,4)/t14?,15?,16?,19-,20+;/m0./s1. The molecule has 5 atom stereocenters. The molecule has 1 N–H and O–H groups in total. The zero-order chi connectivity index (χ0) is 19.3. The third-order valence-corrected chi connectivity index (χ3v) is 8.09. The molecule has 0 aromatic rings. The molecule has 0 spiro atoms. The van der Waals surface area contributed by atoms with Gasteiger partial charge in [-0.15, -0.1) is 0 Å². The Kier molecular flexibility index (Phi) is 5.00. The van der Waals surface area contributed by atoms with Crippen LogP contribution in [0.2, 0.25) is 0 Å². The third kappa shape index (κ3) is 2.99. The molecule has 2 saturated carbocycles. The molecule has 26 heavy (non-hydrogen) atoms. The second-order valence-electron chi connectivity index (χ2n) is 9.68. The van der Waals surface area contributed by atoms with E-state index in [1.54, 1.807) is 0 Å². The molecule has 1 saturated heterocycles. The van der Waals surface area contributed by atoms with Gasteiger partial charge in [0.2, 0.25) is 5.91 Å². The van der Waals surface area contributed by atoms with Crippen LogP contribution in [0, 0.1) is 28.6 Å². The van der Waals surface area contributed by atoms with Crippen LogP contribution in [0.4, 0.5) is 0 Å². The van der Waals surface area contributed by atoms with Gasteiger partial charge < -0.3 is 10.0 Å². The van der Waals surface area contributed by atoms with Crippen molar-refractivity contribution >= 4 is 11.9 Å². The molecular weight excluding hydrogens is 326 g/mol. The molecule has 4 heteroatoms. The van der Waals surface area contributed by atoms with E-state index < -0.39 is 5.97 Å². The molecule has 0 radical (unpaired) electrons. The van der Waals surface area contributed by atoms with Crippen molar-refractivity contribution in [2.24, 2.45) is 28.6 Å². The molecule has 1 aliphatic heterocycles. The molecular formula is C22H35NO3. The third-order valence-electron chi connectivity index (χ3n) is 8.09. The number of fused-ring (bicyclic) bond motifs is 5. The SMILES string of the molecule is CC(=O)O.CC1=C2N(C)C(=O)CC[C@]2(C)C2CC[C@]3(C)CCCC3C2C1. The van der Waals surface area contributed by atoms with Gasteiger partial charge in [0.1, 0.15) is 0 Å². The fraction of sp³-hybridized carbons (Fsp3) is 0.818. The van der Waals surface area contributed by atoms with Crippen molar-refractivity contribution in [1.29, 1.82) is 0 Å². The molecule has 3 unspecified atom stereocenters. The van der Waals surface area contributed by atoms with Gasteiger partial charge in [-0.3, -0.25) is 9.59 Å². The second kappa shape index (κ2) is 6.69. The number of amides is 1. The minimum absolute atomic E-state index is 0.250. The van der Waals surface area contributed by atoms with Crippen LogP contribution in [-0.2, 0) is 9.59 Å². The zero-order valence-corrected chi connectivity index (χ0v) is 17.1. The van der Waals surface area contributed by atoms with E-state index in [1.165, 1.54) is 49.8 Å². The summed E-state index contributed by atoms with van der Waals surface area (Å²) in [6.07, 6.45) is 10.2. The Labute approximate surface area is 158 Å². The van der Waals surface area contributed by atoms with Crippen LogP contribution < -0.4 is 0 Å². The van der Waals surface area contributed by atoms with E-state index in [-0.39, 0.29) is 5.41 Å². The highest BCUT2D eigenvalue weighted by atomic mass is 16.4. The highest BCUT2D eigenvalue weighted by Gasteiger charge is 2.57. The topological polar surface area (TPSA) is 57.6 Å². The van der Waals surface area contributed by atoms with E-state index in [1.807, 2.05) is 11.9 Å². The van der Waals surface area contributed by atoms with Gasteiger partial charge in [0, 0.05) is 31.5 Å². The first-order valence-electron chi connectivity index (χ1n) is 10.3. The van der Waals surface area contributed by atoms with E-state index >= 15 is 0 Å². The zero-order valence-electron chi connectivity index (χ0n) is 17.1. The fourth-order valence-electron chi connectivity index (χ4n) is 7.10. The number of carbonyl (C=O) groups excluding carboxylic acids is 1. The van der Waals surface area contributed by atoms with E-state index in [4.69, 9.17) is 9.90 Å². The van der Waals surface area contributed by atoms with Crippen LogP contribution in [0.1, 0.15) is 79.1 Å². The summed E-state index contributed by atoms with van der Waals surface area (Å²) in [5.74, 6) is 2.10. The number of hydrogen-bond acceptors (Lipinski definition) is 2. The average molecular weight is 362 g/mol. The number of piperidine rings is 1. The first kappa shape index (κ1) is 19.4. The number of likely N-dealkylation sites (tertiary alicyclic amines) is 1. The van der Waals surface area contributed by atoms with E-state index in [2.05, 4.69) is 20.8 Å². The predicted octanol–water partition coefficient (Wildman–Crippen LogP) is 4.85. The number of carboxylic acid groups (broad SMARTS) is 1. The lowest BCUT2D eigenvalue weighted by atomic mass is 9.49. The largest absolute Gasteiger partial charge is 0.481 e. The van der Waals surface area contributed by atoms with Crippen LogP contribution >= 0.6 is 0 Å². The molecule has 146 valence electrons. The molecule has 0 aromatic heterocycles. The Morgan fingerprint density at radius 2 is 1.81 bits per heavy atom. The molecule has 3 fully saturated rings. The summed E-state index contributed by atoms with van der Waals surface area (Å²) >= 11 is 0. The molecule has 4 aliphatic rings. The Hall–Kier alpha value is -1.32. The maximum absolute atomic E-state index is 12.2. The summed E-state index contributed by atoms with van der Waals surface area (Å²) in [6, 6.07) is 0. The molecule has 1 amide bonds. The summed E-state index contributed by atoms with van der Waals surface area (Å²) in [6.45, 7) is 8.43. The quantitative estimate of drug-likeness (QED) is 0.671. The van der Waals surface area contributed by atoms with Crippen molar-refractivity contribution in [1.82, 2.24) is 4.90 Å². The minimum Gasteiger partial charge on any atom is -0.481 e. The van der Waals surface area contributed by atoms with Crippen molar-refractivity contribution in [3.8, 4) is 0 Å². The molecule has 0 bridgehead atoms. The number of carbonyl (C=O) groups is 2.